The molecule has 2 aromatic heterocycles. The zero-order valence-electron chi connectivity index (χ0n) is 14.3. The number of carbonyl (C=O) groups excluding carboxylic acids is 1. The molecule has 0 unspecified atom stereocenters. The van der Waals surface area contributed by atoms with E-state index in [2.05, 4.69) is 15.3 Å². The lowest BCUT2D eigenvalue weighted by Gasteiger charge is -2.13. The van der Waals surface area contributed by atoms with Crippen LogP contribution in [0.3, 0.4) is 0 Å². The molecule has 1 aromatic carbocycles. The summed E-state index contributed by atoms with van der Waals surface area (Å²) in [6.07, 6.45) is 2.36. The third-order valence-corrected chi connectivity index (χ3v) is 3.81. The molecule has 3 aromatic rings. The Morgan fingerprint density at radius 2 is 1.46 bits per heavy atom. The first-order valence-electron chi connectivity index (χ1n) is 7.92. The Labute approximate surface area is 158 Å². The highest BCUT2D eigenvalue weighted by atomic mass is 19.2. The maximum Gasteiger partial charge on any atom is 0.200 e. The molecule has 0 atom stereocenters. The van der Waals surface area contributed by atoms with Crippen molar-refractivity contribution in [2.45, 2.75) is 6.42 Å². The number of Topliss-reactive ketones (excluding diaryl/α,β-unsaturated/α-hetero) is 1. The summed E-state index contributed by atoms with van der Waals surface area (Å²) in [6, 6.07) is 9.23. The number of benzene rings is 1. The van der Waals surface area contributed by atoms with E-state index in [4.69, 9.17) is 0 Å². The molecule has 0 fully saturated rings. The zero-order chi connectivity index (χ0) is 19.4. The lowest BCUT2D eigenvalue weighted by molar-refractivity contribution is 0.100. The Kier molecular flexibility index (Phi) is 6.78. The van der Waals surface area contributed by atoms with Gasteiger partial charge in [0.1, 0.15) is 11.4 Å². The molecule has 0 aliphatic carbocycles. The molecule has 0 aliphatic rings. The van der Waals surface area contributed by atoms with Gasteiger partial charge in [-0.2, -0.15) is 0 Å². The second-order valence-electron chi connectivity index (χ2n) is 5.60. The average Bonchev–Trinajstić information content (AvgIpc) is 2.71. The van der Waals surface area contributed by atoms with Crippen LogP contribution in [-0.2, 0) is 6.42 Å². The minimum atomic E-state index is -1.60. The van der Waals surface area contributed by atoms with Crippen molar-refractivity contribution in [3.8, 4) is 0 Å². The lowest BCUT2D eigenvalue weighted by Crippen LogP contribution is -2.18. The Morgan fingerprint density at radius 1 is 0.857 bits per heavy atom. The van der Waals surface area contributed by atoms with Crippen LogP contribution in [0.15, 0.2) is 48.8 Å². The first-order valence-corrected chi connectivity index (χ1v) is 7.92. The van der Waals surface area contributed by atoms with Gasteiger partial charge in [0.15, 0.2) is 29.1 Å². The number of nitrogens with zero attached hydrogens (tertiary/aromatic N) is 3. The van der Waals surface area contributed by atoms with Crippen LogP contribution in [0.5, 0.6) is 0 Å². The summed E-state index contributed by atoms with van der Waals surface area (Å²) in [5, 5.41) is 2.12. The van der Waals surface area contributed by atoms with Crippen LogP contribution in [-0.4, -0.2) is 22.3 Å². The van der Waals surface area contributed by atoms with Crippen molar-refractivity contribution in [2.24, 2.45) is 0 Å². The Morgan fingerprint density at radius 3 is 2.00 bits per heavy atom. The summed E-state index contributed by atoms with van der Waals surface area (Å²) in [6.45, 7) is -0.580. The van der Waals surface area contributed by atoms with Crippen LogP contribution < -0.4 is 11.5 Å². The summed E-state index contributed by atoms with van der Waals surface area (Å²) in [5.74, 6) is -6.87. The van der Waals surface area contributed by atoms with Gasteiger partial charge in [-0.1, -0.05) is 12.1 Å². The predicted molar refractivity (Wildman–Crippen MR) is 92.5 cm³/mol. The number of rotatable bonds is 6. The van der Waals surface area contributed by atoms with Gasteiger partial charge in [0.25, 0.3) is 0 Å². The van der Waals surface area contributed by atoms with Crippen LogP contribution in [0.25, 0.3) is 0 Å². The van der Waals surface area contributed by atoms with Crippen molar-refractivity contribution in [3.05, 3.63) is 89.0 Å². The standard InChI is InChI=1S/C19H13F4N3O.N/c20-15-12(9-11-5-1-3-7-24-11)16(21)18(23)19(17(15)22)26-10-14(27)13-6-2-4-8-25-13;/h1-8,26H,9-10H2;. The normalized spacial score (nSPS) is 10.3. The van der Waals surface area contributed by atoms with Crippen molar-refractivity contribution < 1.29 is 22.4 Å². The summed E-state index contributed by atoms with van der Waals surface area (Å²) < 4.78 is 57.1. The van der Waals surface area contributed by atoms with Gasteiger partial charge in [0, 0.05) is 36.2 Å². The predicted octanol–water partition coefficient (Wildman–Crippen LogP) is 3.44. The molecule has 0 spiro atoms. The highest BCUT2D eigenvalue weighted by Gasteiger charge is 2.26. The van der Waals surface area contributed by atoms with E-state index in [1.165, 1.54) is 24.5 Å². The summed E-state index contributed by atoms with van der Waals surface area (Å²) in [5.41, 5.74) is -1.51. The smallest absolute Gasteiger partial charge is 0.200 e. The van der Waals surface area contributed by atoms with Crippen LogP contribution in [0.4, 0.5) is 23.2 Å². The number of ketones is 1. The molecule has 5 nitrogen and oxygen atoms in total. The Bertz CT molecular complexity index is 940. The highest BCUT2D eigenvalue weighted by Crippen LogP contribution is 2.29. The lowest BCUT2D eigenvalue weighted by atomic mass is 10.1. The molecule has 9 heteroatoms. The molecule has 0 amide bonds. The molecule has 1 N–H and O–H groups in total. The number of nitrogens with one attached hydrogen (secondary N) is 1. The third-order valence-electron chi connectivity index (χ3n) is 3.81. The highest BCUT2D eigenvalue weighted by molar-refractivity contribution is 5.97. The van der Waals surface area contributed by atoms with E-state index >= 15 is 0 Å². The topological polar surface area (TPSA) is 85.4 Å². The minimum absolute atomic E-state index is 0. The first-order chi connectivity index (χ1) is 13.0. The Balaban J connectivity index is 0.00000280. The van der Waals surface area contributed by atoms with Gasteiger partial charge in [-0.15, -0.1) is 0 Å². The van der Waals surface area contributed by atoms with Crippen molar-refractivity contribution in [3.63, 3.8) is 0 Å². The van der Waals surface area contributed by atoms with Crippen molar-refractivity contribution >= 4 is 11.5 Å². The van der Waals surface area contributed by atoms with E-state index in [0.29, 0.717) is 0 Å². The fourth-order valence-corrected chi connectivity index (χ4v) is 2.46. The van der Waals surface area contributed by atoms with Crippen molar-refractivity contribution in [2.75, 3.05) is 11.9 Å². The molecule has 3 rings (SSSR count). The van der Waals surface area contributed by atoms with Gasteiger partial charge in [-0.25, -0.2) is 17.6 Å². The number of hydrogen-bond donors (Lipinski definition) is 1. The molecule has 0 aliphatic heterocycles. The van der Waals surface area contributed by atoms with E-state index in [1.54, 1.807) is 24.3 Å². The maximum atomic E-state index is 14.3. The SMILES string of the molecule is O=C(CNc1c(F)c(F)c(Cc2ccccn2)c(F)c1F)c1ccccn1.[N]. The first kappa shape index (κ1) is 21.0. The van der Waals surface area contributed by atoms with E-state index < -0.39 is 53.3 Å². The number of halogens is 4. The fourth-order valence-electron chi connectivity index (χ4n) is 2.46. The molecule has 2 heterocycles. The summed E-state index contributed by atoms with van der Waals surface area (Å²) in [4.78, 5) is 19.6. The molecule has 0 bridgehead atoms. The average molecular weight is 389 g/mol. The molecule has 0 saturated heterocycles. The molecule has 28 heavy (non-hydrogen) atoms. The van der Waals surface area contributed by atoms with Crippen LogP contribution >= 0.6 is 0 Å². The molecule has 143 valence electrons. The van der Waals surface area contributed by atoms with Gasteiger partial charge < -0.3 is 5.32 Å². The van der Waals surface area contributed by atoms with E-state index in [0.717, 1.165) is 0 Å². The fraction of sp³-hybridized carbons (Fsp3) is 0.105. The van der Waals surface area contributed by atoms with Crippen molar-refractivity contribution in [1.82, 2.24) is 16.1 Å². The summed E-state index contributed by atoms with van der Waals surface area (Å²) in [7, 11) is 0. The van der Waals surface area contributed by atoms with Gasteiger partial charge in [0.2, 0.25) is 0 Å². The molecule has 0 saturated carbocycles. The maximum absolute atomic E-state index is 14.3. The van der Waals surface area contributed by atoms with E-state index in [-0.39, 0.29) is 17.5 Å². The van der Waals surface area contributed by atoms with Crippen LogP contribution in [0.1, 0.15) is 21.7 Å². The second kappa shape index (κ2) is 9.05. The molecule has 3 radical (unpaired) electrons. The quantitative estimate of drug-likeness (QED) is 0.398. The van der Waals surface area contributed by atoms with Gasteiger partial charge >= 0.3 is 0 Å². The number of hydrogen-bond acceptors (Lipinski definition) is 4. The van der Waals surface area contributed by atoms with E-state index in [9.17, 15) is 22.4 Å². The number of anilines is 1. The van der Waals surface area contributed by atoms with Gasteiger partial charge in [-0.05, 0) is 24.3 Å². The van der Waals surface area contributed by atoms with E-state index in [1.807, 2.05) is 0 Å². The van der Waals surface area contributed by atoms with Crippen LogP contribution in [0, 0.1) is 23.3 Å². The summed E-state index contributed by atoms with van der Waals surface area (Å²) >= 11 is 0. The number of pyridine rings is 2. The minimum Gasteiger partial charge on any atom is -0.373 e. The monoisotopic (exact) mass is 389 g/mol. The van der Waals surface area contributed by atoms with Crippen molar-refractivity contribution in [1.29, 1.82) is 0 Å². The molecular weight excluding hydrogens is 376 g/mol. The zero-order valence-corrected chi connectivity index (χ0v) is 14.3. The number of aromatic nitrogens is 2. The molecular formula is C19H13F4N4O. The van der Waals surface area contributed by atoms with Crippen LogP contribution in [0.2, 0.25) is 0 Å². The number of carbonyl (C=O) groups is 1. The third kappa shape index (κ3) is 4.32. The Hall–Kier alpha value is -3.33. The van der Waals surface area contributed by atoms with Gasteiger partial charge in [0.05, 0.1) is 6.54 Å². The van der Waals surface area contributed by atoms with Gasteiger partial charge in [-0.3, -0.25) is 14.8 Å². The largest absolute Gasteiger partial charge is 0.373 e. The second-order valence-corrected chi connectivity index (χ2v) is 5.60.